The SMILES string of the molecule is Cc1ccc(-n2nc3ccc(NC(=O)c4ccc(I)o4)cc3n2)cc1. The Balaban J connectivity index is 1.61. The molecular formula is C18H13IN4O2. The second-order valence-electron chi connectivity index (χ2n) is 5.59. The number of nitrogens with one attached hydrogen (secondary N) is 1. The molecule has 0 saturated carbocycles. The number of aromatic nitrogens is 3. The summed E-state index contributed by atoms with van der Waals surface area (Å²) in [5.74, 6) is -0.0269. The van der Waals surface area contributed by atoms with E-state index in [-0.39, 0.29) is 11.7 Å². The van der Waals surface area contributed by atoms with Crippen LogP contribution in [0.3, 0.4) is 0 Å². The number of hydrogen-bond acceptors (Lipinski definition) is 4. The Morgan fingerprint density at radius 1 is 1.04 bits per heavy atom. The molecule has 4 rings (SSSR count). The zero-order valence-electron chi connectivity index (χ0n) is 13.2. The first kappa shape index (κ1) is 15.8. The van der Waals surface area contributed by atoms with Crippen LogP contribution in [0.5, 0.6) is 0 Å². The zero-order valence-corrected chi connectivity index (χ0v) is 15.4. The number of aryl methyl sites for hydroxylation is 1. The molecule has 6 nitrogen and oxygen atoms in total. The number of carbonyl (C=O) groups is 1. The van der Waals surface area contributed by atoms with Gasteiger partial charge in [0.05, 0.1) is 5.69 Å². The Kier molecular flexibility index (Phi) is 4.00. The van der Waals surface area contributed by atoms with Crippen LogP contribution in [0.2, 0.25) is 0 Å². The highest BCUT2D eigenvalue weighted by Gasteiger charge is 2.12. The average Bonchev–Trinajstić information content (AvgIpc) is 3.21. The number of benzene rings is 2. The van der Waals surface area contributed by atoms with Gasteiger partial charge >= 0.3 is 0 Å². The van der Waals surface area contributed by atoms with Gasteiger partial charge in [0.1, 0.15) is 11.0 Å². The number of carbonyl (C=O) groups excluding carboxylic acids is 1. The maximum absolute atomic E-state index is 12.2. The fraction of sp³-hybridized carbons (Fsp3) is 0.0556. The maximum atomic E-state index is 12.2. The Labute approximate surface area is 157 Å². The largest absolute Gasteiger partial charge is 0.445 e. The summed E-state index contributed by atoms with van der Waals surface area (Å²) < 4.78 is 5.99. The molecule has 0 unspecified atom stereocenters. The van der Waals surface area contributed by atoms with Crippen LogP contribution in [0, 0.1) is 10.7 Å². The van der Waals surface area contributed by atoms with Crippen molar-refractivity contribution >= 4 is 45.2 Å². The molecule has 2 heterocycles. The normalized spacial score (nSPS) is 11.0. The minimum atomic E-state index is -0.298. The summed E-state index contributed by atoms with van der Waals surface area (Å²) in [4.78, 5) is 13.8. The molecule has 25 heavy (non-hydrogen) atoms. The van der Waals surface area contributed by atoms with Crippen molar-refractivity contribution in [3.8, 4) is 5.69 Å². The lowest BCUT2D eigenvalue weighted by atomic mass is 10.2. The Hall–Kier alpha value is -2.68. The predicted molar refractivity (Wildman–Crippen MR) is 103 cm³/mol. The van der Waals surface area contributed by atoms with E-state index in [2.05, 4.69) is 15.5 Å². The van der Waals surface area contributed by atoms with Crippen molar-refractivity contribution in [2.45, 2.75) is 6.92 Å². The van der Waals surface area contributed by atoms with Crippen molar-refractivity contribution in [1.29, 1.82) is 0 Å². The summed E-state index contributed by atoms with van der Waals surface area (Å²) in [7, 11) is 0. The van der Waals surface area contributed by atoms with Crippen molar-refractivity contribution in [2.75, 3.05) is 5.32 Å². The molecular weight excluding hydrogens is 431 g/mol. The van der Waals surface area contributed by atoms with Gasteiger partial charge in [-0.3, -0.25) is 4.79 Å². The lowest BCUT2D eigenvalue weighted by Crippen LogP contribution is -2.10. The van der Waals surface area contributed by atoms with Gasteiger partial charge in [0, 0.05) is 5.69 Å². The predicted octanol–water partition coefficient (Wildman–Crippen LogP) is 4.18. The van der Waals surface area contributed by atoms with Crippen LogP contribution in [0.15, 0.2) is 59.0 Å². The maximum Gasteiger partial charge on any atom is 0.291 e. The minimum Gasteiger partial charge on any atom is -0.445 e. The number of furan rings is 1. The molecule has 4 aromatic rings. The van der Waals surface area contributed by atoms with Gasteiger partial charge in [-0.05, 0) is 72.0 Å². The van der Waals surface area contributed by atoms with Gasteiger partial charge < -0.3 is 9.73 Å². The summed E-state index contributed by atoms with van der Waals surface area (Å²) >= 11 is 2.02. The zero-order chi connectivity index (χ0) is 17.4. The molecule has 0 saturated heterocycles. The van der Waals surface area contributed by atoms with E-state index < -0.39 is 0 Å². The van der Waals surface area contributed by atoms with Crippen molar-refractivity contribution in [1.82, 2.24) is 15.0 Å². The number of rotatable bonds is 3. The van der Waals surface area contributed by atoms with Gasteiger partial charge in [-0.1, -0.05) is 17.7 Å². The molecule has 0 atom stereocenters. The quantitative estimate of drug-likeness (QED) is 0.482. The molecule has 2 aromatic heterocycles. The molecule has 124 valence electrons. The first-order valence-electron chi connectivity index (χ1n) is 7.59. The fourth-order valence-electron chi connectivity index (χ4n) is 2.41. The summed E-state index contributed by atoms with van der Waals surface area (Å²) in [6.07, 6.45) is 0. The lowest BCUT2D eigenvalue weighted by Gasteiger charge is -2.02. The van der Waals surface area contributed by atoms with Crippen molar-refractivity contribution < 1.29 is 9.21 Å². The third kappa shape index (κ3) is 3.27. The van der Waals surface area contributed by atoms with Crippen LogP contribution in [0.1, 0.15) is 16.1 Å². The van der Waals surface area contributed by atoms with E-state index >= 15 is 0 Å². The molecule has 0 radical (unpaired) electrons. The Morgan fingerprint density at radius 2 is 1.80 bits per heavy atom. The Bertz CT molecular complexity index is 1070. The third-order valence-electron chi connectivity index (χ3n) is 3.70. The summed E-state index contributed by atoms with van der Waals surface area (Å²) in [5.41, 5.74) is 4.16. The smallest absolute Gasteiger partial charge is 0.291 e. The molecule has 7 heteroatoms. The van der Waals surface area contributed by atoms with E-state index in [1.54, 1.807) is 29.1 Å². The Morgan fingerprint density at radius 3 is 2.52 bits per heavy atom. The monoisotopic (exact) mass is 444 g/mol. The van der Waals surface area contributed by atoms with Gasteiger partial charge in [-0.2, -0.15) is 4.80 Å². The number of amides is 1. The van der Waals surface area contributed by atoms with E-state index in [1.807, 2.05) is 59.8 Å². The number of nitrogens with zero attached hydrogens (tertiary/aromatic N) is 3. The molecule has 0 bridgehead atoms. The van der Waals surface area contributed by atoms with Crippen LogP contribution < -0.4 is 5.32 Å². The molecule has 2 aromatic carbocycles. The van der Waals surface area contributed by atoms with Crippen LogP contribution in [0.4, 0.5) is 5.69 Å². The van der Waals surface area contributed by atoms with E-state index in [0.717, 1.165) is 11.2 Å². The highest BCUT2D eigenvalue weighted by atomic mass is 127. The summed E-state index contributed by atoms with van der Waals surface area (Å²) in [6.45, 7) is 2.03. The number of hydrogen-bond donors (Lipinski definition) is 1. The van der Waals surface area contributed by atoms with Crippen molar-refractivity contribution in [3.05, 3.63) is 69.7 Å². The van der Waals surface area contributed by atoms with Crippen LogP contribution in [-0.2, 0) is 0 Å². The van der Waals surface area contributed by atoms with Crippen molar-refractivity contribution in [3.63, 3.8) is 0 Å². The highest BCUT2D eigenvalue weighted by molar-refractivity contribution is 14.1. The number of fused-ring (bicyclic) bond motifs is 1. The van der Waals surface area contributed by atoms with Gasteiger partial charge in [0.2, 0.25) is 0 Å². The average molecular weight is 444 g/mol. The van der Waals surface area contributed by atoms with E-state index in [9.17, 15) is 4.79 Å². The number of anilines is 1. The minimum absolute atomic E-state index is 0.271. The second kappa shape index (κ2) is 6.32. The molecule has 0 spiro atoms. The molecule has 1 amide bonds. The number of halogens is 1. The van der Waals surface area contributed by atoms with Crippen molar-refractivity contribution in [2.24, 2.45) is 0 Å². The first-order chi connectivity index (χ1) is 12.1. The molecule has 0 aliphatic heterocycles. The van der Waals surface area contributed by atoms with Gasteiger partial charge in [-0.25, -0.2) is 0 Å². The summed E-state index contributed by atoms with van der Waals surface area (Å²) in [6, 6.07) is 16.8. The molecule has 1 N–H and O–H groups in total. The van der Waals surface area contributed by atoms with Gasteiger partial charge in [0.25, 0.3) is 5.91 Å². The van der Waals surface area contributed by atoms with Gasteiger partial charge in [-0.15, -0.1) is 10.2 Å². The topological polar surface area (TPSA) is 73.0 Å². The van der Waals surface area contributed by atoms with E-state index in [0.29, 0.717) is 15.0 Å². The second-order valence-corrected chi connectivity index (χ2v) is 6.65. The first-order valence-corrected chi connectivity index (χ1v) is 8.67. The van der Waals surface area contributed by atoms with Crippen LogP contribution in [0.25, 0.3) is 16.7 Å². The molecule has 0 aliphatic carbocycles. The third-order valence-corrected chi connectivity index (χ3v) is 4.28. The van der Waals surface area contributed by atoms with Gasteiger partial charge in [0.15, 0.2) is 9.53 Å². The fourth-order valence-corrected chi connectivity index (χ4v) is 2.83. The molecule has 0 aliphatic rings. The van der Waals surface area contributed by atoms with Crippen LogP contribution in [-0.4, -0.2) is 20.9 Å². The summed E-state index contributed by atoms with van der Waals surface area (Å²) in [5, 5.41) is 11.8. The highest BCUT2D eigenvalue weighted by Crippen LogP contribution is 2.19. The molecule has 0 fully saturated rings. The van der Waals surface area contributed by atoms with E-state index in [1.165, 1.54) is 5.56 Å². The lowest BCUT2D eigenvalue weighted by molar-refractivity contribution is 0.0995. The standard InChI is InChI=1S/C18H13IN4O2/c1-11-2-5-13(6-3-11)23-21-14-7-4-12(10-15(14)22-23)20-18(24)16-8-9-17(19)25-16/h2-10H,1H3,(H,20,24). The van der Waals surface area contributed by atoms with E-state index in [4.69, 9.17) is 4.42 Å². The van der Waals surface area contributed by atoms with Crippen LogP contribution >= 0.6 is 22.6 Å².